The van der Waals surface area contributed by atoms with Crippen LogP contribution < -0.4 is 15.9 Å². The molecule has 3 heteroatoms. The van der Waals surface area contributed by atoms with Crippen LogP contribution >= 0.6 is 7.92 Å². The second kappa shape index (κ2) is 8.53. The summed E-state index contributed by atoms with van der Waals surface area (Å²) >= 11 is 0. The van der Waals surface area contributed by atoms with Crippen molar-refractivity contribution < 1.29 is 0 Å². The van der Waals surface area contributed by atoms with Crippen molar-refractivity contribution in [3.8, 4) is 0 Å². The van der Waals surface area contributed by atoms with E-state index in [-0.39, 0.29) is 0 Å². The van der Waals surface area contributed by atoms with Crippen LogP contribution in [0.1, 0.15) is 5.69 Å². The van der Waals surface area contributed by atoms with Gasteiger partial charge in [-0.15, -0.1) is 0 Å². The van der Waals surface area contributed by atoms with Crippen LogP contribution in [-0.2, 0) is 0 Å². The lowest BCUT2D eigenvalue weighted by Crippen LogP contribution is -2.20. The van der Waals surface area contributed by atoms with Crippen molar-refractivity contribution in [2.24, 2.45) is 4.99 Å². The molecule has 4 rings (SSSR count). The largest absolute Gasteiger partial charge is 0.255 e. The van der Waals surface area contributed by atoms with Crippen LogP contribution in [0.4, 0.5) is 5.69 Å². The molecule has 0 radical (unpaired) electrons. The molecule has 2 nitrogen and oxygen atoms in total. The van der Waals surface area contributed by atoms with E-state index in [9.17, 15) is 0 Å². The van der Waals surface area contributed by atoms with Crippen molar-refractivity contribution in [3.05, 3.63) is 115 Å². The second-order valence-corrected chi connectivity index (χ2v) is 8.19. The smallest absolute Gasteiger partial charge is 0.0812 e. The Hall–Kier alpha value is -3.09. The number of benzene rings is 3. The zero-order chi connectivity index (χ0) is 18.3. The number of aliphatic imine (C=N–C) groups is 1. The van der Waals surface area contributed by atoms with Crippen molar-refractivity contribution in [2.75, 3.05) is 0 Å². The summed E-state index contributed by atoms with van der Waals surface area (Å²) in [6.45, 7) is 0. The highest BCUT2D eigenvalue weighted by molar-refractivity contribution is 7.80. The van der Waals surface area contributed by atoms with E-state index in [0.717, 1.165) is 11.4 Å². The molecule has 4 aromatic rings. The standard InChI is InChI=1S/C24H19N2P/c1-3-12-21(13-4-1)27(22-14-5-2-6-15-22)24-17-8-7-16-23(24)26-19-20-11-9-10-18-25-20/h1-19H/b26-19+. The molecule has 0 spiro atoms. The maximum Gasteiger partial charge on any atom is 0.0812 e. The van der Waals surface area contributed by atoms with Gasteiger partial charge in [0.1, 0.15) is 0 Å². The maximum atomic E-state index is 4.78. The van der Waals surface area contributed by atoms with E-state index in [1.807, 2.05) is 30.5 Å². The lowest BCUT2D eigenvalue weighted by Gasteiger charge is -2.20. The minimum Gasteiger partial charge on any atom is -0.255 e. The van der Waals surface area contributed by atoms with E-state index >= 15 is 0 Å². The zero-order valence-electron chi connectivity index (χ0n) is 14.8. The van der Waals surface area contributed by atoms with Crippen LogP contribution in [0.3, 0.4) is 0 Å². The first-order valence-corrected chi connectivity index (χ1v) is 10.2. The molecule has 0 amide bonds. The van der Waals surface area contributed by atoms with Gasteiger partial charge in [0.05, 0.1) is 17.6 Å². The second-order valence-electron chi connectivity index (χ2n) is 6.01. The quantitative estimate of drug-likeness (QED) is 0.375. The first kappa shape index (κ1) is 17.3. The lowest BCUT2D eigenvalue weighted by atomic mass is 10.3. The van der Waals surface area contributed by atoms with Crippen LogP contribution in [0.25, 0.3) is 0 Å². The van der Waals surface area contributed by atoms with E-state index in [0.29, 0.717) is 0 Å². The first-order valence-electron chi connectivity index (χ1n) is 8.86. The highest BCUT2D eigenvalue weighted by Gasteiger charge is 2.18. The molecular formula is C24H19N2P. The molecule has 0 fully saturated rings. The Kier molecular flexibility index (Phi) is 5.47. The summed E-state index contributed by atoms with van der Waals surface area (Å²) in [5.74, 6) is 0. The average Bonchev–Trinajstić information content (AvgIpc) is 2.76. The van der Waals surface area contributed by atoms with Crippen molar-refractivity contribution >= 4 is 35.7 Å². The van der Waals surface area contributed by atoms with Crippen LogP contribution in [-0.4, -0.2) is 11.2 Å². The van der Waals surface area contributed by atoms with Crippen LogP contribution in [0, 0.1) is 0 Å². The summed E-state index contributed by atoms with van der Waals surface area (Å²) in [4.78, 5) is 9.12. The molecular weight excluding hydrogens is 347 g/mol. The topological polar surface area (TPSA) is 25.2 Å². The number of nitrogens with zero attached hydrogens (tertiary/aromatic N) is 2. The van der Waals surface area contributed by atoms with Gasteiger partial charge in [0.2, 0.25) is 0 Å². The Morgan fingerprint density at radius 2 is 1.22 bits per heavy atom. The Morgan fingerprint density at radius 3 is 1.85 bits per heavy atom. The van der Waals surface area contributed by atoms with Crippen LogP contribution in [0.5, 0.6) is 0 Å². The zero-order valence-corrected chi connectivity index (χ0v) is 15.7. The van der Waals surface area contributed by atoms with E-state index in [1.165, 1.54) is 15.9 Å². The van der Waals surface area contributed by atoms with Crippen LogP contribution in [0.2, 0.25) is 0 Å². The SMILES string of the molecule is C(=N\c1ccccc1P(c1ccccc1)c1ccccc1)/c1ccccn1. The summed E-state index contributed by atoms with van der Waals surface area (Å²) in [5, 5.41) is 3.88. The van der Waals surface area contributed by atoms with E-state index in [2.05, 4.69) is 83.8 Å². The first-order chi connectivity index (χ1) is 13.4. The number of rotatable bonds is 5. The molecule has 0 saturated carbocycles. The molecule has 0 saturated heterocycles. The molecule has 130 valence electrons. The van der Waals surface area contributed by atoms with Gasteiger partial charge in [0.25, 0.3) is 0 Å². The van der Waals surface area contributed by atoms with Gasteiger partial charge >= 0.3 is 0 Å². The van der Waals surface area contributed by atoms with E-state index < -0.39 is 7.92 Å². The van der Waals surface area contributed by atoms with Gasteiger partial charge in [-0.05, 0) is 36.7 Å². The highest BCUT2D eigenvalue weighted by atomic mass is 31.1. The molecule has 0 unspecified atom stereocenters. The van der Waals surface area contributed by atoms with Gasteiger partial charge in [0.15, 0.2) is 0 Å². The number of hydrogen-bond acceptors (Lipinski definition) is 2. The van der Waals surface area contributed by atoms with E-state index in [1.54, 1.807) is 6.20 Å². The van der Waals surface area contributed by atoms with E-state index in [4.69, 9.17) is 4.99 Å². The van der Waals surface area contributed by atoms with Crippen molar-refractivity contribution in [3.63, 3.8) is 0 Å². The number of hydrogen-bond donors (Lipinski definition) is 0. The van der Waals surface area contributed by atoms with Gasteiger partial charge in [-0.1, -0.05) is 84.9 Å². The molecule has 1 heterocycles. The Morgan fingerprint density at radius 1 is 0.630 bits per heavy atom. The summed E-state index contributed by atoms with van der Waals surface area (Å²) in [6, 6.07) is 35.6. The van der Waals surface area contributed by atoms with Gasteiger partial charge in [-0.3, -0.25) is 9.98 Å². The molecule has 0 aliphatic rings. The van der Waals surface area contributed by atoms with Crippen LogP contribution in [0.15, 0.2) is 114 Å². The normalized spacial score (nSPS) is 11.1. The Balaban J connectivity index is 1.81. The van der Waals surface area contributed by atoms with Gasteiger partial charge < -0.3 is 0 Å². The Labute approximate surface area is 161 Å². The molecule has 0 bridgehead atoms. The highest BCUT2D eigenvalue weighted by Crippen LogP contribution is 2.36. The van der Waals surface area contributed by atoms with Gasteiger partial charge in [-0.25, -0.2) is 0 Å². The molecule has 0 aliphatic carbocycles. The fourth-order valence-corrected chi connectivity index (χ4v) is 5.32. The molecule has 0 atom stereocenters. The maximum absolute atomic E-state index is 4.78. The van der Waals surface area contributed by atoms with Crippen molar-refractivity contribution in [1.82, 2.24) is 4.98 Å². The number of pyridine rings is 1. The molecule has 27 heavy (non-hydrogen) atoms. The number of aromatic nitrogens is 1. The fraction of sp³-hybridized carbons (Fsp3) is 0. The minimum atomic E-state index is -0.681. The monoisotopic (exact) mass is 366 g/mol. The minimum absolute atomic E-state index is 0.681. The average molecular weight is 366 g/mol. The Bertz CT molecular complexity index is 976. The van der Waals surface area contributed by atoms with Crippen molar-refractivity contribution in [2.45, 2.75) is 0 Å². The summed E-state index contributed by atoms with van der Waals surface area (Å²) in [5.41, 5.74) is 1.85. The molecule has 3 aromatic carbocycles. The third-order valence-corrected chi connectivity index (χ3v) is 6.66. The van der Waals surface area contributed by atoms with Gasteiger partial charge in [-0.2, -0.15) is 0 Å². The van der Waals surface area contributed by atoms with Gasteiger partial charge in [0, 0.05) is 11.5 Å². The van der Waals surface area contributed by atoms with Crippen molar-refractivity contribution in [1.29, 1.82) is 0 Å². The lowest BCUT2D eigenvalue weighted by molar-refractivity contribution is 1.30. The molecule has 0 aliphatic heterocycles. The fourth-order valence-electron chi connectivity index (χ4n) is 2.93. The molecule has 0 N–H and O–H groups in total. The summed E-state index contributed by atoms with van der Waals surface area (Å²) in [6.07, 6.45) is 3.62. The third-order valence-electron chi connectivity index (χ3n) is 4.18. The summed E-state index contributed by atoms with van der Waals surface area (Å²) < 4.78 is 0. The summed E-state index contributed by atoms with van der Waals surface area (Å²) in [7, 11) is -0.681. The predicted molar refractivity (Wildman–Crippen MR) is 117 cm³/mol. The molecule has 1 aromatic heterocycles. The predicted octanol–water partition coefficient (Wildman–Crippen LogP) is 4.59. The third kappa shape index (κ3) is 4.19. The number of para-hydroxylation sites is 1.